The van der Waals surface area contributed by atoms with E-state index in [2.05, 4.69) is 9.97 Å². The van der Waals surface area contributed by atoms with Gasteiger partial charge in [0.15, 0.2) is 0 Å². The Morgan fingerprint density at radius 3 is 2.24 bits per heavy atom. The van der Waals surface area contributed by atoms with Crippen molar-refractivity contribution in [3.63, 3.8) is 0 Å². The lowest BCUT2D eigenvalue weighted by Gasteiger charge is -2.24. The minimum atomic E-state index is -0.351. The Bertz CT molecular complexity index is 894. The Morgan fingerprint density at radius 1 is 1.07 bits per heavy atom. The van der Waals surface area contributed by atoms with Crippen LogP contribution in [0.2, 0.25) is 10.0 Å². The molecule has 1 saturated heterocycles. The summed E-state index contributed by atoms with van der Waals surface area (Å²) in [6.45, 7) is 1.59. The standard InChI is InChI=1S/C23H23Cl2N3O/c24-19-6-2-17(3-7-19)22(18-4-8-20(25)9-5-18)23(29)28-12-11-16(14-28)1-10-21-13-26-15-27-21/h2-9,13,15-16,22H,1,10-12,14H2,(H,26,27). The van der Waals surface area contributed by atoms with E-state index in [1.165, 1.54) is 0 Å². The topological polar surface area (TPSA) is 49.0 Å². The van der Waals surface area contributed by atoms with E-state index >= 15 is 0 Å². The Hall–Kier alpha value is -2.30. The fourth-order valence-corrected chi connectivity index (χ4v) is 4.27. The second kappa shape index (κ2) is 9.02. The van der Waals surface area contributed by atoms with Crippen LogP contribution in [-0.4, -0.2) is 33.9 Å². The van der Waals surface area contributed by atoms with E-state index in [9.17, 15) is 4.79 Å². The molecule has 1 atom stereocenters. The molecular weight excluding hydrogens is 405 g/mol. The number of imidazole rings is 1. The summed E-state index contributed by atoms with van der Waals surface area (Å²) in [6.07, 6.45) is 6.63. The zero-order valence-electron chi connectivity index (χ0n) is 16.0. The van der Waals surface area contributed by atoms with Gasteiger partial charge in [0.1, 0.15) is 0 Å². The van der Waals surface area contributed by atoms with Crippen LogP contribution in [0, 0.1) is 5.92 Å². The van der Waals surface area contributed by atoms with Crippen molar-refractivity contribution >= 4 is 29.1 Å². The predicted molar refractivity (Wildman–Crippen MR) is 116 cm³/mol. The van der Waals surface area contributed by atoms with Gasteiger partial charge in [-0.15, -0.1) is 0 Å². The molecule has 4 nitrogen and oxygen atoms in total. The van der Waals surface area contributed by atoms with Gasteiger partial charge < -0.3 is 9.88 Å². The largest absolute Gasteiger partial charge is 0.348 e. The third-order valence-electron chi connectivity index (χ3n) is 5.63. The Balaban J connectivity index is 1.50. The molecule has 1 unspecified atom stereocenters. The molecule has 1 aliphatic rings. The Kier molecular flexibility index (Phi) is 6.22. The highest BCUT2D eigenvalue weighted by Crippen LogP contribution is 2.32. The van der Waals surface area contributed by atoms with Crippen molar-refractivity contribution in [2.75, 3.05) is 13.1 Å². The number of amides is 1. The minimum absolute atomic E-state index is 0.138. The van der Waals surface area contributed by atoms with Crippen LogP contribution in [0.25, 0.3) is 0 Å². The van der Waals surface area contributed by atoms with Gasteiger partial charge in [0.25, 0.3) is 0 Å². The van der Waals surface area contributed by atoms with Crippen molar-refractivity contribution in [3.05, 3.63) is 87.9 Å². The van der Waals surface area contributed by atoms with Crippen LogP contribution in [0.15, 0.2) is 61.1 Å². The van der Waals surface area contributed by atoms with Crippen LogP contribution in [0.4, 0.5) is 0 Å². The van der Waals surface area contributed by atoms with Gasteiger partial charge in [0.05, 0.1) is 12.2 Å². The van der Waals surface area contributed by atoms with Gasteiger partial charge in [-0.25, -0.2) is 4.98 Å². The second-order valence-electron chi connectivity index (χ2n) is 7.59. The first-order valence-electron chi connectivity index (χ1n) is 9.87. The van der Waals surface area contributed by atoms with Gasteiger partial charge in [-0.2, -0.15) is 0 Å². The maximum absolute atomic E-state index is 13.5. The molecule has 29 heavy (non-hydrogen) atoms. The van der Waals surface area contributed by atoms with E-state index < -0.39 is 0 Å². The summed E-state index contributed by atoms with van der Waals surface area (Å²) in [5.74, 6) is 0.299. The normalized spacial score (nSPS) is 16.5. The molecule has 0 aliphatic carbocycles. The Labute approximate surface area is 180 Å². The number of likely N-dealkylation sites (tertiary alicyclic amines) is 1. The number of carbonyl (C=O) groups excluding carboxylic acids is 1. The number of aromatic nitrogens is 2. The molecule has 2 heterocycles. The van der Waals surface area contributed by atoms with Crippen molar-refractivity contribution in [3.8, 4) is 0 Å². The lowest BCUT2D eigenvalue weighted by Crippen LogP contribution is -2.34. The highest BCUT2D eigenvalue weighted by Gasteiger charge is 2.32. The van der Waals surface area contributed by atoms with Gasteiger partial charge in [-0.1, -0.05) is 47.5 Å². The average molecular weight is 428 g/mol. The van der Waals surface area contributed by atoms with Crippen LogP contribution < -0.4 is 0 Å². The fraction of sp³-hybridized carbons (Fsp3) is 0.304. The molecular formula is C23H23Cl2N3O. The van der Waals surface area contributed by atoms with Crippen molar-refractivity contribution in [2.24, 2.45) is 5.92 Å². The van der Waals surface area contributed by atoms with Crippen molar-refractivity contribution in [2.45, 2.75) is 25.2 Å². The van der Waals surface area contributed by atoms with E-state index in [1.807, 2.05) is 59.6 Å². The van der Waals surface area contributed by atoms with Crippen molar-refractivity contribution < 1.29 is 4.79 Å². The average Bonchev–Trinajstić information content (AvgIpc) is 3.41. The number of benzene rings is 2. The predicted octanol–water partition coefficient (Wildman–Crippen LogP) is 5.33. The van der Waals surface area contributed by atoms with E-state index in [-0.39, 0.29) is 11.8 Å². The lowest BCUT2D eigenvalue weighted by atomic mass is 9.90. The fourth-order valence-electron chi connectivity index (χ4n) is 4.02. The van der Waals surface area contributed by atoms with E-state index in [1.54, 1.807) is 6.33 Å². The SMILES string of the molecule is O=C(C(c1ccc(Cl)cc1)c1ccc(Cl)cc1)N1CCC(CCc2cnc[nH]2)C1. The zero-order chi connectivity index (χ0) is 20.2. The van der Waals surface area contributed by atoms with Gasteiger partial charge in [-0.05, 0) is 60.6 Å². The van der Waals surface area contributed by atoms with Crippen LogP contribution in [0.1, 0.15) is 35.6 Å². The van der Waals surface area contributed by atoms with Crippen molar-refractivity contribution in [1.82, 2.24) is 14.9 Å². The highest BCUT2D eigenvalue weighted by molar-refractivity contribution is 6.30. The molecule has 0 spiro atoms. The molecule has 1 N–H and O–H groups in total. The van der Waals surface area contributed by atoms with Crippen LogP contribution >= 0.6 is 23.2 Å². The maximum Gasteiger partial charge on any atom is 0.234 e. The molecule has 0 bridgehead atoms. The van der Waals surface area contributed by atoms with Gasteiger partial charge in [0.2, 0.25) is 5.91 Å². The summed E-state index contributed by atoms with van der Waals surface area (Å²) >= 11 is 12.1. The maximum atomic E-state index is 13.5. The summed E-state index contributed by atoms with van der Waals surface area (Å²) in [7, 11) is 0. The summed E-state index contributed by atoms with van der Waals surface area (Å²) in [5.41, 5.74) is 3.04. The minimum Gasteiger partial charge on any atom is -0.348 e. The van der Waals surface area contributed by atoms with Crippen molar-refractivity contribution in [1.29, 1.82) is 0 Å². The third-order valence-corrected chi connectivity index (χ3v) is 6.13. The molecule has 1 fully saturated rings. The Morgan fingerprint density at radius 2 is 1.69 bits per heavy atom. The van der Waals surface area contributed by atoms with E-state index in [4.69, 9.17) is 23.2 Å². The molecule has 4 rings (SSSR count). The summed E-state index contributed by atoms with van der Waals surface area (Å²) in [5, 5.41) is 1.33. The van der Waals surface area contributed by atoms with Gasteiger partial charge in [0, 0.05) is 35.0 Å². The van der Waals surface area contributed by atoms with Crippen LogP contribution in [-0.2, 0) is 11.2 Å². The third kappa shape index (κ3) is 4.82. The molecule has 1 aliphatic heterocycles. The number of halogens is 2. The first-order valence-corrected chi connectivity index (χ1v) is 10.6. The molecule has 3 aromatic rings. The number of carbonyl (C=O) groups is 1. The summed E-state index contributed by atoms with van der Waals surface area (Å²) in [6, 6.07) is 15.1. The molecule has 1 aromatic heterocycles. The van der Waals surface area contributed by atoms with E-state index in [0.717, 1.165) is 49.2 Å². The summed E-state index contributed by atoms with van der Waals surface area (Å²) < 4.78 is 0. The molecule has 0 radical (unpaired) electrons. The number of nitrogens with one attached hydrogen (secondary N) is 1. The first-order chi connectivity index (χ1) is 14.1. The molecule has 1 amide bonds. The highest BCUT2D eigenvalue weighted by atomic mass is 35.5. The van der Waals surface area contributed by atoms with Crippen LogP contribution in [0.5, 0.6) is 0 Å². The number of aromatic amines is 1. The quantitative estimate of drug-likeness (QED) is 0.577. The monoisotopic (exact) mass is 427 g/mol. The first kappa shape index (κ1) is 20.0. The second-order valence-corrected chi connectivity index (χ2v) is 8.46. The van der Waals surface area contributed by atoms with E-state index in [0.29, 0.717) is 16.0 Å². The molecule has 6 heteroatoms. The molecule has 150 valence electrons. The number of H-pyrrole nitrogens is 1. The summed E-state index contributed by atoms with van der Waals surface area (Å²) in [4.78, 5) is 22.8. The zero-order valence-corrected chi connectivity index (χ0v) is 17.5. The number of rotatable bonds is 6. The number of hydrogen-bond acceptors (Lipinski definition) is 2. The van der Waals surface area contributed by atoms with Gasteiger partial charge in [-0.3, -0.25) is 4.79 Å². The van der Waals surface area contributed by atoms with Crippen LogP contribution in [0.3, 0.4) is 0 Å². The smallest absolute Gasteiger partial charge is 0.234 e. The molecule has 2 aromatic carbocycles. The number of aryl methyl sites for hydroxylation is 1. The number of hydrogen-bond donors (Lipinski definition) is 1. The number of nitrogens with zero attached hydrogens (tertiary/aromatic N) is 2. The van der Waals surface area contributed by atoms with Gasteiger partial charge >= 0.3 is 0 Å². The lowest BCUT2D eigenvalue weighted by molar-refractivity contribution is -0.130. The molecule has 0 saturated carbocycles.